The van der Waals surface area contributed by atoms with E-state index in [-0.39, 0.29) is 4.92 Å². The molecule has 2 aromatic rings. The largest absolute Gasteiger partial charge is 0.264 e. The van der Waals surface area contributed by atoms with Gasteiger partial charge in [-0.05, 0) is 12.1 Å². The maximum Gasteiger partial charge on any atom is 0.236 e. The lowest BCUT2D eigenvalue weighted by Gasteiger charge is -2.20. The molecule has 0 aliphatic carbocycles. The number of hydrogen-bond donors (Lipinski definition) is 0. The molecule has 0 saturated carbocycles. The van der Waals surface area contributed by atoms with Crippen LogP contribution in [0.4, 0.5) is 0 Å². The number of nitro groups is 1. The molecule has 6 heteroatoms. The van der Waals surface area contributed by atoms with Crippen molar-refractivity contribution in [1.82, 2.24) is 9.78 Å². The zero-order valence-electron chi connectivity index (χ0n) is 9.73. The summed E-state index contributed by atoms with van der Waals surface area (Å²) >= 11 is 6.12. The summed E-state index contributed by atoms with van der Waals surface area (Å²) in [6, 6.07) is 7.52. The minimum absolute atomic E-state index is 0.324. The van der Waals surface area contributed by atoms with Crippen molar-refractivity contribution >= 4 is 11.6 Å². The number of benzene rings is 1. The van der Waals surface area contributed by atoms with Crippen LogP contribution in [0.1, 0.15) is 18.5 Å². The normalized spacial score (nSPS) is 14.1. The van der Waals surface area contributed by atoms with E-state index in [0.717, 1.165) is 0 Å². The van der Waals surface area contributed by atoms with Gasteiger partial charge in [-0.2, -0.15) is 5.10 Å². The van der Waals surface area contributed by atoms with Crippen LogP contribution in [0.5, 0.6) is 0 Å². The maximum absolute atomic E-state index is 11.0. The van der Waals surface area contributed by atoms with Gasteiger partial charge in [0.2, 0.25) is 6.04 Å². The summed E-state index contributed by atoms with van der Waals surface area (Å²) in [5.74, 6) is 0. The average Bonchev–Trinajstić information content (AvgIpc) is 2.85. The van der Waals surface area contributed by atoms with Crippen molar-refractivity contribution in [3.63, 3.8) is 0 Å². The van der Waals surface area contributed by atoms with Crippen molar-refractivity contribution in [2.75, 3.05) is 0 Å². The zero-order valence-corrected chi connectivity index (χ0v) is 10.5. The van der Waals surface area contributed by atoms with Gasteiger partial charge in [-0.15, -0.1) is 0 Å². The molecule has 18 heavy (non-hydrogen) atoms. The molecule has 0 bridgehead atoms. The van der Waals surface area contributed by atoms with Gasteiger partial charge in [0.25, 0.3) is 0 Å². The Labute approximate surface area is 109 Å². The van der Waals surface area contributed by atoms with E-state index in [1.54, 1.807) is 48.3 Å². The van der Waals surface area contributed by atoms with E-state index >= 15 is 0 Å². The van der Waals surface area contributed by atoms with Gasteiger partial charge in [-0.1, -0.05) is 29.8 Å². The number of hydrogen-bond acceptors (Lipinski definition) is 3. The second kappa shape index (κ2) is 5.18. The highest BCUT2D eigenvalue weighted by Crippen LogP contribution is 2.29. The summed E-state index contributed by atoms with van der Waals surface area (Å²) < 4.78 is 1.56. The molecule has 0 N–H and O–H groups in total. The quantitative estimate of drug-likeness (QED) is 0.631. The lowest BCUT2D eigenvalue weighted by Crippen LogP contribution is -2.30. The molecule has 0 radical (unpaired) electrons. The van der Waals surface area contributed by atoms with Crippen molar-refractivity contribution in [3.05, 3.63) is 63.4 Å². The second-order valence-corrected chi connectivity index (χ2v) is 4.39. The van der Waals surface area contributed by atoms with Crippen molar-refractivity contribution in [2.45, 2.75) is 19.0 Å². The second-order valence-electron chi connectivity index (χ2n) is 3.98. The molecule has 0 fully saturated rings. The van der Waals surface area contributed by atoms with Crippen LogP contribution in [-0.2, 0) is 0 Å². The van der Waals surface area contributed by atoms with E-state index < -0.39 is 12.1 Å². The number of nitrogens with zero attached hydrogens (tertiary/aromatic N) is 3. The minimum Gasteiger partial charge on any atom is -0.264 e. The Hall–Kier alpha value is -1.88. The van der Waals surface area contributed by atoms with E-state index in [9.17, 15) is 10.1 Å². The highest BCUT2D eigenvalue weighted by Gasteiger charge is 2.31. The summed E-state index contributed by atoms with van der Waals surface area (Å²) in [4.78, 5) is 10.7. The molecule has 0 saturated heterocycles. The van der Waals surface area contributed by atoms with Gasteiger partial charge < -0.3 is 0 Å². The molecule has 0 unspecified atom stereocenters. The third-order valence-corrected chi connectivity index (χ3v) is 3.17. The monoisotopic (exact) mass is 265 g/mol. The van der Waals surface area contributed by atoms with Crippen LogP contribution in [0.2, 0.25) is 5.02 Å². The average molecular weight is 266 g/mol. The standard InChI is InChI=1S/C12H12ClN3O2/c1-9(16(17)18)12(15-8-4-7-14-15)10-5-2-3-6-11(10)13/h2-9,12H,1H3/t9-,12+/m0/s1. The highest BCUT2D eigenvalue weighted by atomic mass is 35.5. The van der Waals surface area contributed by atoms with Gasteiger partial charge in [0.1, 0.15) is 6.04 Å². The number of aromatic nitrogens is 2. The first-order valence-corrected chi connectivity index (χ1v) is 5.86. The molecule has 2 atom stereocenters. The van der Waals surface area contributed by atoms with Gasteiger partial charge in [-0.3, -0.25) is 14.8 Å². The highest BCUT2D eigenvalue weighted by molar-refractivity contribution is 6.31. The summed E-state index contributed by atoms with van der Waals surface area (Å²) in [5.41, 5.74) is 0.701. The molecular weight excluding hydrogens is 254 g/mol. The molecule has 1 aromatic carbocycles. The van der Waals surface area contributed by atoms with E-state index in [4.69, 9.17) is 11.6 Å². The lowest BCUT2D eigenvalue weighted by atomic mass is 10.0. The molecule has 0 spiro atoms. The lowest BCUT2D eigenvalue weighted by molar-refractivity contribution is -0.523. The van der Waals surface area contributed by atoms with Crippen LogP contribution in [0.25, 0.3) is 0 Å². The fraction of sp³-hybridized carbons (Fsp3) is 0.250. The van der Waals surface area contributed by atoms with Crippen molar-refractivity contribution in [2.24, 2.45) is 0 Å². The van der Waals surface area contributed by atoms with Crippen LogP contribution in [0, 0.1) is 10.1 Å². The van der Waals surface area contributed by atoms with Crippen LogP contribution < -0.4 is 0 Å². The molecule has 0 aliphatic heterocycles. The van der Waals surface area contributed by atoms with Gasteiger partial charge in [-0.25, -0.2) is 0 Å². The maximum atomic E-state index is 11.0. The van der Waals surface area contributed by atoms with Gasteiger partial charge in [0.05, 0.1) is 0 Å². The van der Waals surface area contributed by atoms with Crippen LogP contribution in [-0.4, -0.2) is 20.7 Å². The first-order chi connectivity index (χ1) is 8.61. The summed E-state index contributed by atoms with van der Waals surface area (Å²) in [6.45, 7) is 1.55. The Morgan fingerprint density at radius 3 is 2.67 bits per heavy atom. The topological polar surface area (TPSA) is 61.0 Å². The molecule has 5 nitrogen and oxygen atoms in total. The molecule has 0 amide bonds. The third kappa shape index (κ3) is 2.36. The summed E-state index contributed by atoms with van der Waals surface area (Å²) in [5, 5.41) is 15.6. The van der Waals surface area contributed by atoms with Crippen molar-refractivity contribution in [1.29, 1.82) is 0 Å². The smallest absolute Gasteiger partial charge is 0.236 e. The fourth-order valence-corrected chi connectivity index (χ4v) is 2.15. The molecule has 2 rings (SSSR count). The van der Waals surface area contributed by atoms with Crippen molar-refractivity contribution in [3.8, 4) is 0 Å². The molecule has 1 heterocycles. The van der Waals surface area contributed by atoms with E-state index in [2.05, 4.69) is 5.10 Å². The Bertz CT molecular complexity index is 542. The van der Waals surface area contributed by atoms with Gasteiger partial charge >= 0.3 is 0 Å². The minimum atomic E-state index is -0.815. The fourth-order valence-electron chi connectivity index (χ4n) is 1.90. The first kappa shape index (κ1) is 12.6. The Kier molecular flexibility index (Phi) is 3.62. The molecule has 1 aromatic heterocycles. The molecule has 0 aliphatic rings. The van der Waals surface area contributed by atoms with E-state index in [1.165, 1.54) is 0 Å². The van der Waals surface area contributed by atoms with Gasteiger partial charge in [0.15, 0.2) is 0 Å². The first-order valence-electron chi connectivity index (χ1n) is 5.48. The number of rotatable bonds is 4. The Balaban J connectivity index is 2.50. The third-order valence-electron chi connectivity index (χ3n) is 2.82. The Morgan fingerprint density at radius 2 is 2.11 bits per heavy atom. The van der Waals surface area contributed by atoms with Crippen LogP contribution in [0.15, 0.2) is 42.7 Å². The predicted octanol–water partition coefficient (Wildman–Crippen LogP) is 2.79. The van der Waals surface area contributed by atoms with Crippen LogP contribution >= 0.6 is 11.6 Å². The SMILES string of the molecule is C[C@@H]([C@H](c1ccccc1Cl)n1cccn1)[N+](=O)[O-]. The van der Waals surface area contributed by atoms with E-state index in [0.29, 0.717) is 10.6 Å². The summed E-state index contributed by atoms with van der Waals surface area (Å²) in [6.07, 6.45) is 3.30. The number of halogens is 1. The van der Waals surface area contributed by atoms with Gasteiger partial charge in [0, 0.05) is 34.8 Å². The zero-order chi connectivity index (χ0) is 13.1. The predicted molar refractivity (Wildman–Crippen MR) is 68.3 cm³/mol. The molecule has 94 valence electrons. The summed E-state index contributed by atoms with van der Waals surface area (Å²) in [7, 11) is 0. The van der Waals surface area contributed by atoms with Crippen LogP contribution in [0.3, 0.4) is 0 Å². The van der Waals surface area contributed by atoms with E-state index in [1.807, 2.05) is 6.07 Å². The van der Waals surface area contributed by atoms with Crippen molar-refractivity contribution < 1.29 is 4.92 Å². The molecular formula is C12H12ClN3O2. The Morgan fingerprint density at radius 1 is 1.39 bits per heavy atom.